The summed E-state index contributed by atoms with van der Waals surface area (Å²) in [5.74, 6) is 0.710. The highest BCUT2D eigenvalue weighted by Crippen LogP contribution is 2.36. The Labute approximate surface area is 231 Å². The lowest BCUT2D eigenvalue weighted by Gasteiger charge is -2.18. The van der Waals surface area contributed by atoms with E-state index in [1.54, 1.807) is 36.2 Å². The fraction of sp³-hybridized carbons (Fsp3) is 0.323. The number of hydrogen-bond acceptors (Lipinski definition) is 4. The molecule has 0 atom stereocenters. The van der Waals surface area contributed by atoms with Gasteiger partial charge in [0.2, 0.25) is 5.91 Å². The van der Waals surface area contributed by atoms with Gasteiger partial charge in [-0.1, -0.05) is 6.42 Å². The molecule has 0 spiro atoms. The van der Waals surface area contributed by atoms with Crippen molar-refractivity contribution in [2.24, 2.45) is 0 Å². The first kappa shape index (κ1) is 28.9. The van der Waals surface area contributed by atoms with E-state index < -0.39 is 11.7 Å². The largest absolute Gasteiger partial charge is 0.508 e. The Morgan fingerprint density at radius 2 is 1.60 bits per heavy atom. The lowest BCUT2D eigenvalue weighted by Crippen LogP contribution is -2.30. The van der Waals surface area contributed by atoms with Crippen molar-refractivity contribution in [3.63, 3.8) is 0 Å². The average molecular weight is 555 g/mol. The summed E-state index contributed by atoms with van der Waals surface area (Å²) in [5, 5.41) is 20.7. The van der Waals surface area contributed by atoms with Crippen LogP contribution in [0.25, 0.3) is 22.2 Å². The SMILES string of the molecule is Cc1c(-c2ccc(O)cc2)n(CCCCCC(=O)N(C)CCOc2ccc(C(F)(F)F)cc2)c2ccc(O)cc12. The second-order valence-corrected chi connectivity index (χ2v) is 9.87. The number of benzene rings is 3. The van der Waals surface area contributed by atoms with Gasteiger partial charge < -0.3 is 24.4 Å². The van der Waals surface area contributed by atoms with Gasteiger partial charge in [0.05, 0.1) is 17.8 Å². The maximum absolute atomic E-state index is 12.7. The van der Waals surface area contributed by atoms with E-state index in [1.807, 2.05) is 25.1 Å². The number of halogens is 3. The number of carbonyl (C=O) groups is 1. The molecular formula is C31H33F3N2O4. The number of fused-ring (bicyclic) bond motifs is 1. The van der Waals surface area contributed by atoms with Crippen molar-refractivity contribution in [1.82, 2.24) is 9.47 Å². The molecular weight excluding hydrogens is 521 g/mol. The van der Waals surface area contributed by atoms with Gasteiger partial charge in [-0.2, -0.15) is 13.2 Å². The van der Waals surface area contributed by atoms with E-state index >= 15 is 0 Å². The molecule has 2 N–H and O–H groups in total. The number of carbonyl (C=O) groups excluding carboxylic acids is 1. The Balaban J connectivity index is 1.27. The number of rotatable bonds is 11. The smallest absolute Gasteiger partial charge is 0.416 e. The standard InChI is InChI=1S/C31H33F3N2O4/c1-21-27-20-25(38)13-16-28(27)36(30(21)22-7-11-24(37)12-8-22)17-5-3-4-6-29(39)35(2)18-19-40-26-14-9-23(10-15-26)31(32,33)34/h7-16,20,37-38H,3-6,17-19H2,1-2H3. The number of aromatic hydroxyl groups is 2. The molecule has 4 rings (SSSR count). The van der Waals surface area contributed by atoms with Gasteiger partial charge in [0.1, 0.15) is 23.9 Å². The molecule has 0 unspecified atom stereocenters. The number of alkyl halides is 3. The average Bonchev–Trinajstić information content (AvgIpc) is 3.19. The monoisotopic (exact) mass is 554 g/mol. The minimum Gasteiger partial charge on any atom is -0.508 e. The number of phenols is 2. The van der Waals surface area contributed by atoms with Gasteiger partial charge in [-0.25, -0.2) is 0 Å². The third-order valence-corrected chi connectivity index (χ3v) is 7.02. The molecule has 0 bridgehead atoms. The molecule has 1 heterocycles. The summed E-state index contributed by atoms with van der Waals surface area (Å²) < 4.78 is 45.7. The van der Waals surface area contributed by atoms with Crippen LogP contribution in [0, 0.1) is 6.92 Å². The molecule has 4 aromatic rings. The van der Waals surface area contributed by atoms with Gasteiger partial charge in [0, 0.05) is 30.9 Å². The first-order valence-corrected chi connectivity index (χ1v) is 13.2. The maximum Gasteiger partial charge on any atom is 0.416 e. The third-order valence-electron chi connectivity index (χ3n) is 7.02. The summed E-state index contributed by atoms with van der Waals surface area (Å²) >= 11 is 0. The van der Waals surface area contributed by atoms with Gasteiger partial charge in [-0.05, 0) is 97.6 Å². The zero-order valence-corrected chi connectivity index (χ0v) is 22.5. The van der Waals surface area contributed by atoms with Gasteiger partial charge >= 0.3 is 6.18 Å². The molecule has 0 aliphatic heterocycles. The van der Waals surface area contributed by atoms with Crippen molar-refractivity contribution < 1.29 is 32.9 Å². The van der Waals surface area contributed by atoms with Gasteiger partial charge in [0.25, 0.3) is 0 Å². The molecule has 0 aliphatic rings. The summed E-state index contributed by atoms with van der Waals surface area (Å²) in [5.41, 5.74) is 3.34. The molecule has 0 saturated heterocycles. The second-order valence-electron chi connectivity index (χ2n) is 9.87. The number of hydrogen-bond donors (Lipinski definition) is 2. The van der Waals surface area contributed by atoms with Crippen LogP contribution >= 0.6 is 0 Å². The molecule has 6 nitrogen and oxygen atoms in total. The zero-order chi connectivity index (χ0) is 28.9. The van der Waals surface area contributed by atoms with Crippen molar-refractivity contribution in [3.05, 3.63) is 77.9 Å². The van der Waals surface area contributed by atoms with Gasteiger partial charge in [-0.15, -0.1) is 0 Å². The first-order chi connectivity index (χ1) is 19.0. The fourth-order valence-electron chi connectivity index (χ4n) is 4.81. The van der Waals surface area contributed by atoms with Crippen LogP contribution in [0.1, 0.15) is 36.8 Å². The number of amides is 1. The van der Waals surface area contributed by atoms with E-state index in [9.17, 15) is 28.2 Å². The fourth-order valence-corrected chi connectivity index (χ4v) is 4.81. The Kier molecular flexibility index (Phi) is 8.92. The maximum atomic E-state index is 12.7. The minimum absolute atomic E-state index is 0.0152. The Bertz CT molecular complexity index is 1440. The molecule has 9 heteroatoms. The highest BCUT2D eigenvalue weighted by Gasteiger charge is 2.30. The number of likely N-dealkylation sites (N-methyl/N-ethyl adjacent to an activating group) is 1. The Hall–Kier alpha value is -4.14. The van der Waals surface area contributed by atoms with E-state index in [0.29, 0.717) is 18.7 Å². The Morgan fingerprint density at radius 3 is 2.27 bits per heavy atom. The molecule has 0 fully saturated rings. The number of nitrogens with zero attached hydrogens (tertiary/aromatic N) is 2. The summed E-state index contributed by atoms with van der Waals surface area (Å²) in [4.78, 5) is 14.1. The summed E-state index contributed by atoms with van der Waals surface area (Å²) in [6, 6.07) is 16.9. The highest BCUT2D eigenvalue weighted by molar-refractivity contribution is 5.92. The van der Waals surface area contributed by atoms with E-state index in [-0.39, 0.29) is 24.0 Å². The number of unbranched alkanes of at least 4 members (excludes halogenated alkanes) is 2. The van der Waals surface area contributed by atoms with Crippen LogP contribution in [0.2, 0.25) is 0 Å². The predicted octanol–water partition coefficient (Wildman–Crippen LogP) is 7.14. The van der Waals surface area contributed by atoms with Gasteiger partial charge in [-0.3, -0.25) is 4.79 Å². The second kappa shape index (κ2) is 12.4. The van der Waals surface area contributed by atoms with Crippen molar-refractivity contribution >= 4 is 16.8 Å². The minimum atomic E-state index is -4.39. The van der Waals surface area contributed by atoms with Crippen LogP contribution in [0.3, 0.4) is 0 Å². The van der Waals surface area contributed by atoms with Crippen LogP contribution < -0.4 is 4.74 Å². The molecule has 1 amide bonds. The van der Waals surface area contributed by atoms with Crippen LogP contribution in [0.15, 0.2) is 66.7 Å². The summed E-state index contributed by atoms with van der Waals surface area (Å²) in [6.45, 7) is 3.27. The molecule has 3 aromatic carbocycles. The quantitative estimate of drug-likeness (QED) is 0.193. The molecule has 0 aliphatic carbocycles. The van der Waals surface area contributed by atoms with Crippen molar-refractivity contribution in [3.8, 4) is 28.5 Å². The van der Waals surface area contributed by atoms with Crippen LogP contribution in [-0.2, 0) is 17.5 Å². The third kappa shape index (κ3) is 6.89. The van der Waals surface area contributed by atoms with E-state index in [2.05, 4.69) is 4.57 Å². The molecule has 1 aromatic heterocycles. The van der Waals surface area contributed by atoms with E-state index in [4.69, 9.17) is 4.74 Å². The normalized spacial score (nSPS) is 11.6. The molecule has 0 radical (unpaired) electrons. The molecule has 0 saturated carbocycles. The number of aromatic nitrogens is 1. The lowest BCUT2D eigenvalue weighted by molar-refractivity contribution is -0.137. The summed E-state index contributed by atoms with van der Waals surface area (Å²) in [7, 11) is 1.69. The summed E-state index contributed by atoms with van der Waals surface area (Å²) in [6.07, 6.45) is -1.59. The predicted molar refractivity (Wildman–Crippen MR) is 148 cm³/mol. The van der Waals surface area contributed by atoms with Crippen molar-refractivity contribution in [2.45, 2.75) is 45.3 Å². The number of ether oxygens (including phenoxy) is 1. The Morgan fingerprint density at radius 1 is 0.925 bits per heavy atom. The van der Waals surface area contributed by atoms with E-state index in [0.717, 1.165) is 65.7 Å². The van der Waals surface area contributed by atoms with Crippen LogP contribution in [0.4, 0.5) is 13.2 Å². The number of aryl methyl sites for hydroxylation is 2. The first-order valence-electron chi connectivity index (χ1n) is 13.2. The lowest BCUT2D eigenvalue weighted by atomic mass is 10.1. The number of phenolic OH excluding ortho intramolecular Hbond substituents is 2. The van der Waals surface area contributed by atoms with E-state index in [1.165, 1.54) is 12.1 Å². The molecule has 212 valence electrons. The van der Waals surface area contributed by atoms with Gasteiger partial charge in [0.15, 0.2) is 0 Å². The highest BCUT2D eigenvalue weighted by atomic mass is 19.4. The van der Waals surface area contributed by atoms with Crippen molar-refractivity contribution in [1.29, 1.82) is 0 Å². The van der Waals surface area contributed by atoms with Crippen LogP contribution in [-0.4, -0.2) is 45.8 Å². The molecule has 40 heavy (non-hydrogen) atoms. The topological polar surface area (TPSA) is 74.9 Å². The van der Waals surface area contributed by atoms with Crippen LogP contribution in [0.5, 0.6) is 17.2 Å². The van der Waals surface area contributed by atoms with Crippen molar-refractivity contribution in [2.75, 3.05) is 20.2 Å². The zero-order valence-electron chi connectivity index (χ0n) is 22.5.